The zero-order valence-corrected chi connectivity index (χ0v) is 12.9. The Labute approximate surface area is 131 Å². The molecule has 0 radical (unpaired) electrons. The molecule has 0 aliphatic carbocycles. The summed E-state index contributed by atoms with van der Waals surface area (Å²) in [6, 6.07) is 10.7. The second-order valence-electron chi connectivity index (χ2n) is 5.15. The summed E-state index contributed by atoms with van der Waals surface area (Å²) in [6.45, 7) is 2.90. The molecule has 1 rings (SSSR count). The maximum absolute atomic E-state index is 8.73. The zero-order valence-electron chi connectivity index (χ0n) is 12.9. The zero-order chi connectivity index (χ0) is 16.8. The molecule has 1 aromatic carbocycles. The van der Waals surface area contributed by atoms with E-state index in [-0.39, 0.29) is 12.2 Å². The first-order valence-corrected chi connectivity index (χ1v) is 7.40. The van der Waals surface area contributed by atoms with E-state index in [0.29, 0.717) is 12.4 Å². The van der Waals surface area contributed by atoms with Gasteiger partial charge in [0.25, 0.3) is 0 Å². The number of hydrogen-bond donors (Lipinski definition) is 4. The summed E-state index contributed by atoms with van der Waals surface area (Å²) in [5.74, 6) is 0. The smallest absolute Gasteiger partial charge is 0.427 e. The fourth-order valence-electron chi connectivity index (χ4n) is 2.02. The largest absolute Gasteiger partial charge is 0.451 e. The normalized spacial score (nSPS) is 12.5. The second-order valence-corrected chi connectivity index (χ2v) is 5.15. The molecular formula is C15H25BN2O4. The van der Waals surface area contributed by atoms with E-state index >= 15 is 0 Å². The maximum Gasteiger partial charge on any atom is 0.451 e. The predicted molar refractivity (Wildman–Crippen MR) is 84.7 cm³/mol. The highest BCUT2D eigenvalue weighted by atomic mass is 16.4. The van der Waals surface area contributed by atoms with Crippen LogP contribution in [0.4, 0.5) is 0 Å². The van der Waals surface area contributed by atoms with E-state index in [1.807, 2.05) is 18.2 Å². The third kappa shape index (κ3) is 11.2. The van der Waals surface area contributed by atoms with Crippen LogP contribution in [-0.4, -0.2) is 35.9 Å². The van der Waals surface area contributed by atoms with E-state index in [1.165, 1.54) is 5.56 Å². The first-order chi connectivity index (χ1) is 10.5. The number of nitrogens with two attached hydrogens (primary N) is 1. The molecule has 1 unspecified atom stereocenters. The fourth-order valence-corrected chi connectivity index (χ4v) is 2.02. The highest BCUT2D eigenvalue weighted by Gasteiger charge is 2.09. The van der Waals surface area contributed by atoms with Crippen molar-refractivity contribution in [1.29, 1.82) is 0 Å². The Morgan fingerprint density at radius 2 is 1.82 bits per heavy atom. The van der Waals surface area contributed by atoms with E-state index in [4.69, 9.17) is 25.4 Å². The minimum Gasteiger partial charge on any atom is -0.427 e. The van der Waals surface area contributed by atoms with Crippen molar-refractivity contribution in [3.63, 3.8) is 0 Å². The van der Waals surface area contributed by atoms with Crippen molar-refractivity contribution in [1.82, 2.24) is 5.32 Å². The lowest BCUT2D eigenvalue weighted by molar-refractivity contribution is -0.191. The lowest BCUT2D eigenvalue weighted by Crippen LogP contribution is -2.35. The van der Waals surface area contributed by atoms with Crippen molar-refractivity contribution in [3.05, 3.63) is 35.9 Å². The average molecular weight is 308 g/mol. The fraction of sp³-hybridized carbons (Fsp3) is 0.533. The molecule has 0 amide bonds. The Morgan fingerprint density at radius 3 is 2.36 bits per heavy atom. The summed E-state index contributed by atoms with van der Waals surface area (Å²) in [5, 5.41) is 20.9. The van der Waals surface area contributed by atoms with Gasteiger partial charge in [-0.25, -0.2) is 0 Å². The summed E-state index contributed by atoms with van der Waals surface area (Å²) >= 11 is 0. The summed E-state index contributed by atoms with van der Waals surface area (Å²) < 4.78 is 0. The molecule has 0 bridgehead atoms. The lowest BCUT2D eigenvalue weighted by atomic mass is 9.83. The maximum atomic E-state index is 8.73. The Hall–Kier alpha value is -1.50. The predicted octanol–water partition coefficient (Wildman–Crippen LogP) is 0.724. The van der Waals surface area contributed by atoms with Crippen LogP contribution in [0.15, 0.2) is 30.3 Å². The van der Waals surface area contributed by atoms with Crippen LogP contribution in [0, 0.1) is 0 Å². The highest BCUT2D eigenvalue weighted by molar-refractivity contribution is 6.40. The second kappa shape index (κ2) is 13.2. The standard InChI is InChI=1S/C14H25BN2O2.CO2/c1-12(13-7-3-2-4-8-13)17-11-14(16)9-5-6-10-15(18)19;2-1-3/h2-4,7-8,12,14,17-19H,5-6,9-11,16H2,1H3;/t12-,14?;/m1./s1. The van der Waals surface area contributed by atoms with Crippen molar-refractivity contribution < 1.29 is 19.6 Å². The van der Waals surface area contributed by atoms with Gasteiger partial charge in [0, 0.05) is 18.6 Å². The van der Waals surface area contributed by atoms with Gasteiger partial charge in [0.15, 0.2) is 0 Å². The molecule has 0 saturated heterocycles. The summed E-state index contributed by atoms with van der Waals surface area (Å²) in [4.78, 5) is 16.2. The van der Waals surface area contributed by atoms with E-state index in [9.17, 15) is 0 Å². The Bertz CT molecular complexity index is 411. The lowest BCUT2D eigenvalue weighted by Gasteiger charge is -2.18. The summed E-state index contributed by atoms with van der Waals surface area (Å²) in [6.07, 6.45) is 3.32. The molecule has 0 heterocycles. The average Bonchev–Trinajstić information content (AvgIpc) is 2.50. The van der Waals surface area contributed by atoms with Crippen molar-refractivity contribution in [2.75, 3.05) is 6.54 Å². The van der Waals surface area contributed by atoms with E-state index in [0.717, 1.165) is 25.8 Å². The first-order valence-electron chi connectivity index (χ1n) is 7.40. The van der Waals surface area contributed by atoms with Crippen LogP contribution in [0.5, 0.6) is 0 Å². The number of carbonyl (C=O) groups excluding carboxylic acids is 2. The van der Waals surface area contributed by atoms with Crippen LogP contribution in [0.2, 0.25) is 6.32 Å². The number of unbranched alkanes of at least 4 members (excludes halogenated alkanes) is 1. The topological polar surface area (TPSA) is 113 Å². The molecule has 2 atom stereocenters. The van der Waals surface area contributed by atoms with Crippen LogP contribution in [0.3, 0.4) is 0 Å². The van der Waals surface area contributed by atoms with Crippen molar-refractivity contribution >= 4 is 13.3 Å². The van der Waals surface area contributed by atoms with Crippen LogP contribution < -0.4 is 11.1 Å². The van der Waals surface area contributed by atoms with E-state index < -0.39 is 7.12 Å². The third-order valence-corrected chi connectivity index (χ3v) is 3.27. The van der Waals surface area contributed by atoms with Gasteiger partial charge in [-0.1, -0.05) is 43.2 Å². The van der Waals surface area contributed by atoms with Crippen LogP contribution in [0.1, 0.15) is 37.8 Å². The molecule has 1 aromatic rings. The van der Waals surface area contributed by atoms with Crippen molar-refractivity contribution in [2.24, 2.45) is 5.73 Å². The minimum absolute atomic E-state index is 0.113. The molecule has 7 heteroatoms. The molecule has 5 N–H and O–H groups in total. The molecule has 6 nitrogen and oxygen atoms in total. The highest BCUT2D eigenvalue weighted by Crippen LogP contribution is 2.11. The van der Waals surface area contributed by atoms with Gasteiger partial charge in [-0.05, 0) is 25.2 Å². The first kappa shape index (κ1) is 20.5. The van der Waals surface area contributed by atoms with Gasteiger partial charge in [0.05, 0.1) is 0 Å². The monoisotopic (exact) mass is 308 g/mol. The molecule has 0 spiro atoms. The Morgan fingerprint density at radius 1 is 1.23 bits per heavy atom. The molecular weight excluding hydrogens is 283 g/mol. The molecule has 0 fully saturated rings. The molecule has 0 aromatic heterocycles. The Kier molecular flexibility index (Phi) is 12.3. The summed E-state index contributed by atoms with van der Waals surface area (Å²) in [7, 11) is -1.19. The van der Waals surface area contributed by atoms with Gasteiger partial charge >= 0.3 is 13.3 Å². The van der Waals surface area contributed by atoms with Gasteiger partial charge in [-0.3, -0.25) is 0 Å². The van der Waals surface area contributed by atoms with Crippen LogP contribution >= 0.6 is 0 Å². The molecule has 122 valence electrons. The van der Waals surface area contributed by atoms with E-state index in [1.54, 1.807) is 0 Å². The minimum atomic E-state index is -1.19. The number of rotatable bonds is 9. The molecule has 0 saturated carbocycles. The Balaban J connectivity index is 0.00000135. The molecule has 22 heavy (non-hydrogen) atoms. The number of benzene rings is 1. The van der Waals surface area contributed by atoms with Crippen LogP contribution in [-0.2, 0) is 9.59 Å². The number of nitrogens with one attached hydrogen (secondary N) is 1. The van der Waals surface area contributed by atoms with E-state index in [2.05, 4.69) is 24.4 Å². The summed E-state index contributed by atoms with van der Waals surface area (Å²) in [5.41, 5.74) is 7.29. The SMILES string of the molecule is C[C@@H](NCC(N)CCCCB(O)O)c1ccccc1.O=C=O. The number of hydrogen-bond acceptors (Lipinski definition) is 6. The van der Waals surface area contributed by atoms with Crippen molar-refractivity contribution in [3.8, 4) is 0 Å². The molecule has 0 aliphatic heterocycles. The van der Waals surface area contributed by atoms with Gasteiger partial charge < -0.3 is 21.1 Å². The van der Waals surface area contributed by atoms with Gasteiger partial charge in [-0.15, -0.1) is 0 Å². The van der Waals surface area contributed by atoms with Crippen molar-refractivity contribution in [2.45, 2.75) is 44.6 Å². The van der Waals surface area contributed by atoms with Gasteiger partial charge in [0.2, 0.25) is 0 Å². The van der Waals surface area contributed by atoms with Gasteiger partial charge in [0.1, 0.15) is 0 Å². The van der Waals surface area contributed by atoms with Gasteiger partial charge in [-0.2, -0.15) is 9.59 Å². The molecule has 0 aliphatic rings. The quantitative estimate of drug-likeness (QED) is 0.395. The van der Waals surface area contributed by atoms with Crippen LogP contribution in [0.25, 0.3) is 0 Å². The third-order valence-electron chi connectivity index (χ3n) is 3.27.